The second-order valence-electron chi connectivity index (χ2n) is 4.60. The molecule has 1 aromatic rings. The lowest BCUT2D eigenvalue weighted by molar-refractivity contribution is 0.0697. The topological polar surface area (TPSA) is 71.5 Å². The first-order valence-corrected chi connectivity index (χ1v) is 6.19. The van der Waals surface area contributed by atoms with E-state index in [9.17, 15) is 4.79 Å². The Morgan fingerprint density at radius 3 is 3.11 bits per heavy atom. The smallest absolute Gasteiger partial charge is 0.339 e. The minimum atomic E-state index is -0.950. The number of hydrogen-bond donors (Lipinski definition) is 2. The molecule has 0 bridgehead atoms. The zero-order valence-corrected chi connectivity index (χ0v) is 10.5. The van der Waals surface area contributed by atoms with Crippen LogP contribution >= 0.6 is 0 Å². The van der Waals surface area contributed by atoms with Gasteiger partial charge < -0.3 is 15.2 Å². The van der Waals surface area contributed by atoms with Crippen LogP contribution in [0.4, 0.5) is 5.82 Å². The third kappa shape index (κ3) is 3.20. The third-order valence-electron chi connectivity index (χ3n) is 3.13. The van der Waals surface area contributed by atoms with Gasteiger partial charge in [0.05, 0.1) is 0 Å². The largest absolute Gasteiger partial charge is 0.478 e. The highest BCUT2D eigenvalue weighted by Crippen LogP contribution is 2.18. The summed E-state index contributed by atoms with van der Waals surface area (Å²) in [6.45, 7) is 4.23. The summed E-state index contributed by atoms with van der Waals surface area (Å²) in [5.74, 6) is 0.0891. The summed E-state index contributed by atoms with van der Waals surface area (Å²) in [4.78, 5) is 15.3. The Balaban J connectivity index is 1.94. The summed E-state index contributed by atoms with van der Waals surface area (Å²) < 4.78 is 5.30. The average Bonchev–Trinajstić information content (AvgIpc) is 2.82. The lowest BCUT2D eigenvalue weighted by Gasteiger charge is -2.11. The third-order valence-corrected chi connectivity index (χ3v) is 3.13. The van der Waals surface area contributed by atoms with E-state index in [1.54, 1.807) is 12.1 Å². The van der Waals surface area contributed by atoms with Crippen molar-refractivity contribution in [2.75, 3.05) is 25.1 Å². The number of rotatable bonds is 5. The van der Waals surface area contributed by atoms with Crippen LogP contribution in [0.25, 0.3) is 0 Å². The fourth-order valence-electron chi connectivity index (χ4n) is 2.07. The zero-order chi connectivity index (χ0) is 13.0. The second-order valence-corrected chi connectivity index (χ2v) is 4.60. The molecule has 0 aromatic carbocycles. The van der Waals surface area contributed by atoms with Crippen molar-refractivity contribution in [3.8, 4) is 0 Å². The van der Waals surface area contributed by atoms with E-state index in [4.69, 9.17) is 9.84 Å². The Kier molecular flexibility index (Phi) is 4.15. The number of ether oxygens (including phenoxy) is 1. The standard InChI is InChI=1S/C13H18N2O3/c1-9-2-3-11(13(16)17)12(15-9)14-6-4-10-5-7-18-8-10/h2-3,10H,4-8H2,1H3,(H,14,15)(H,16,17). The maximum Gasteiger partial charge on any atom is 0.339 e. The summed E-state index contributed by atoms with van der Waals surface area (Å²) in [7, 11) is 0. The van der Waals surface area contributed by atoms with E-state index < -0.39 is 5.97 Å². The Morgan fingerprint density at radius 2 is 2.44 bits per heavy atom. The van der Waals surface area contributed by atoms with E-state index in [0.717, 1.165) is 38.3 Å². The monoisotopic (exact) mass is 250 g/mol. The van der Waals surface area contributed by atoms with Crippen molar-refractivity contribution >= 4 is 11.8 Å². The van der Waals surface area contributed by atoms with Gasteiger partial charge in [-0.2, -0.15) is 0 Å². The van der Waals surface area contributed by atoms with Gasteiger partial charge in [-0.25, -0.2) is 9.78 Å². The SMILES string of the molecule is Cc1ccc(C(=O)O)c(NCCC2CCOC2)n1. The molecule has 2 rings (SSSR count). The van der Waals surface area contributed by atoms with Crippen LogP contribution in [-0.2, 0) is 4.74 Å². The highest BCUT2D eigenvalue weighted by atomic mass is 16.5. The molecule has 98 valence electrons. The number of aryl methyl sites for hydroxylation is 1. The van der Waals surface area contributed by atoms with Gasteiger partial charge in [-0.15, -0.1) is 0 Å². The number of hydrogen-bond acceptors (Lipinski definition) is 4. The van der Waals surface area contributed by atoms with Crippen LogP contribution in [0, 0.1) is 12.8 Å². The lowest BCUT2D eigenvalue weighted by Crippen LogP contribution is -2.13. The number of pyridine rings is 1. The molecule has 1 aliphatic rings. The average molecular weight is 250 g/mol. The number of carboxylic acid groups (broad SMARTS) is 1. The minimum absolute atomic E-state index is 0.225. The van der Waals surface area contributed by atoms with Crippen LogP contribution in [-0.4, -0.2) is 35.8 Å². The first kappa shape index (κ1) is 12.8. The summed E-state index contributed by atoms with van der Waals surface area (Å²) in [6, 6.07) is 3.30. The van der Waals surface area contributed by atoms with E-state index in [-0.39, 0.29) is 5.56 Å². The van der Waals surface area contributed by atoms with Crippen molar-refractivity contribution in [2.45, 2.75) is 19.8 Å². The molecule has 1 aliphatic heterocycles. The molecule has 1 atom stereocenters. The van der Waals surface area contributed by atoms with Crippen molar-refractivity contribution in [1.82, 2.24) is 4.98 Å². The van der Waals surface area contributed by atoms with E-state index in [1.165, 1.54) is 0 Å². The van der Waals surface area contributed by atoms with Gasteiger partial charge in [-0.05, 0) is 37.8 Å². The molecule has 0 spiro atoms. The van der Waals surface area contributed by atoms with Crippen molar-refractivity contribution in [3.05, 3.63) is 23.4 Å². The van der Waals surface area contributed by atoms with Crippen molar-refractivity contribution in [2.24, 2.45) is 5.92 Å². The number of aromatic carboxylic acids is 1. The summed E-state index contributed by atoms with van der Waals surface area (Å²) in [6.07, 6.45) is 2.07. The molecule has 0 saturated carbocycles. The van der Waals surface area contributed by atoms with Crippen LogP contribution in [0.15, 0.2) is 12.1 Å². The number of aromatic nitrogens is 1. The van der Waals surface area contributed by atoms with Crippen molar-refractivity contribution in [1.29, 1.82) is 0 Å². The van der Waals surface area contributed by atoms with Crippen LogP contribution in [0.5, 0.6) is 0 Å². The van der Waals surface area contributed by atoms with Crippen molar-refractivity contribution in [3.63, 3.8) is 0 Å². The molecule has 1 fully saturated rings. The lowest BCUT2D eigenvalue weighted by atomic mass is 10.1. The molecule has 2 N–H and O–H groups in total. The van der Waals surface area contributed by atoms with Gasteiger partial charge in [0.15, 0.2) is 0 Å². The van der Waals surface area contributed by atoms with Crippen LogP contribution in [0.3, 0.4) is 0 Å². The predicted octanol–water partition coefficient (Wildman–Crippen LogP) is 1.93. The predicted molar refractivity (Wildman–Crippen MR) is 68.0 cm³/mol. The van der Waals surface area contributed by atoms with Gasteiger partial charge in [-0.3, -0.25) is 0 Å². The Hall–Kier alpha value is -1.62. The molecular formula is C13H18N2O3. The normalized spacial score (nSPS) is 18.8. The van der Waals surface area contributed by atoms with Gasteiger partial charge in [0, 0.05) is 25.5 Å². The van der Waals surface area contributed by atoms with E-state index in [2.05, 4.69) is 10.3 Å². The molecule has 18 heavy (non-hydrogen) atoms. The number of carbonyl (C=O) groups is 1. The maximum atomic E-state index is 11.1. The molecular weight excluding hydrogens is 232 g/mol. The second kappa shape index (κ2) is 5.82. The Labute approximate surface area is 106 Å². The summed E-state index contributed by atoms with van der Waals surface area (Å²) >= 11 is 0. The first-order chi connectivity index (χ1) is 8.66. The number of nitrogens with zero attached hydrogens (tertiary/aromatic N) is 1. The molecule has 5 heteroatoms. The van der Waals surface area contributed by atoms with Gasteiger partial charge in [-0.1, -0.05) is 0 Å². The van der Waals surface area contributed by atoms with E-state index in [0.29, 0.717) is 11.7 Å². The molecule has 1 aromatic heterocycles. The van der Waals surface area contributed by atoms with Gasteiger partial charge in [0.25, 0.3) is 0 Å². The first-order valence-electron chi connectivity index (χ1n) is 6.19. The molecule has 0 amide bonds. The summed E-state index contributed by atoms with van der Waals surface area (Å²) in [5, 5.41) is 12.2. The molecule has 1 unspecified atom stereocenters. The fraction of sp³-hybridized carbons (Fsp3) is 0.538. The highest BCUT2D eigenvalue weighted by Gasteiger charge is 2.16. The van der Waals surface area contributed by atoms with Crippen molar-refractivity contribution < 1.29 is 14.6 Å². The number of nitrogens with one attached hydrogen (secondary N) is 1. The van der Waals surface area contributed by atoms with Crippen LogP contribution in [0.2, 0.25) is 0 Å². The Bertz CT molecular complexity index is 428. The van der Waals surface area contributed by atoms with Gasteiger partial charge in [0.1, 0.15) is 11.4 Å². The van der Waals surface area contributed by atoms with E-state index in [1.807, 2.05) is 6.92 Å². The van der Waals surface area contributed by atoms with Gasteiger partial charge in [0.2, 0.25) is 0 Å². The van der Waals surface area contributed by atoms with E-state index >= 15 is 0 Å². The number of anilines is 1. The maximum absolute atomic E-state index is 11.1. The van der Waals surface area contributed by atoms with Gasteiger partial charge >= 0.3 is 5.97 Å². The quantitative estimate of drug-likeness (QED) is 0.835. The zero-order valence-electron chi connectivity index (χ0n) is 10.5. The Morgan fingerprint density at radius 1 is 1.61 bits per heavy atom. The highest BCUT2D eigenvalue weighted by molar-refractivity contribution is 5.93. The van der Waals surface area contributed by atoms with Crippen LogP contribution < -0.4 is 5.32 Å². The molecule has 2 heterocycles. The molecule has 1 saturated heterocycles. The fourth-order valence-corrected chi connectivity index (χ4v) is 2.07. The summed E-state index contributed by atoms with van der Waals surface area (Å²) in [5.41, 5.74) is 1.04. The molecule has 0 radical (unpaired) electrons. The number of carboxylic acids is 1. The minimum Gasteiger partial charge on any atom is -0.478 e. The van der Waals surface area contributed by atoms with Crippen LogP contribution in [0.1, 0.15) is 28.9 Å². The molecule has 5 nitrogen and oxygen atoms in total. The molecule has 0 aliphatic carbocycles.